The molecule has 0 saturated heterocycles. The van der Waals surface area contributed by atoms with Gasteiger partial charge >= 0.3 is 0 Å². The molecule has 172 valence electrons. The Morgan fingerprint density at radius 3 is 2.27 bits per heavy atom. The number of para-hydroxylation sites is 1. The zero-order valence-corrected chi connectivity index (χ0v) is 20.1. The lowest BCUT2D eigenvalue weighted by molar-refractivity contribution is -0.117. The van der Waals surface area contributed by atoms with E-state index in [-0.39, 0.29) is 17.9 Å². The van der Waals surface area contributed by atoms with Gasteiger partial charge in [-0.25, -0.2) is 4.98 Å². The molecule has 33 heavy (non-hydrogen) atoms. The van der Waals surface area contributed by atoms with Crippen molar-refractivity contribution in [2.24, 2.45) is 0 Å². The number of thiazole rings is 1. The maximum absolute atomic E-state index is 12.5. The average Bonchev–Trinajstić information content (AvgIpc) is 3.30. The molecule has 0 fully saturated rings. The van der Waals surface area contributed by atoms with Gasteiger partial charge in [0.25, 0.3) is 0 Å². The van der Waals surface area contributed by atoms with E-state index in [1.165, 1.54) is 29.9 Å². The largest absolute Gasteiger partial charge is 0.351 e. The highest BCUT2D eigenvalue weighted by atomic mass is 32.1. The van der Waals surface area contributed by atoms with Crippen LogP contribution in [0, 0.1) is 0 Å². The van der Waals surface area contributed by atoms with Gasteiger partial charge in [-0.3, -0.25) is 19.4 Å². The second-order valence-electron chi connectivity index (χ2n) is 7.47. The zero-order chi connectivity index (χ0) is 23.6. The van der Waals surface area contributed by atoms with Crippen molar-refractivity contribution in [2.45, 2.75) is 26.8 Å². The molecule has 0 bridgehead atoms. The van der Waals surface area contributed by atoms with Gasteiger partial charge in [-0.05, 0) is 36.9 Å². The van der Waals surface area contributed by atoms with Crippen molar-refractivity contribution >= 4 is 40.0 Å². The van der Waals surface area contributed by atoms with E-state index in [9.17, 15) is 9.59 Å². The van der Waals surface area contributed by atoms with Gasteiger partial charge in [-0.1, -0.05) is 62.4 Å². The third-order valence-corrected chi connectivity index (χ3v) is 6.19. The van der Waals surface area contributed by atoms with Crippen molar-refractivity contribution in [3.05, 3.63) is 83.4 Å². The van der Waals surface area contributed by atoms with Crippen molar-refractivity contribution in [2.75, 3.05) is 24.5 Å². The minimum absolute atomic E-state index is 0.111. The zero-order valence-electron chi connectivity index (χ0n) is 19.3. The van der Waals surface area contributed by atoms with Crippen LogP contribution in [0.1, 0.15) is 38.1 Å². The topological polar surface area (TPSA) is 65.5 Å². The van der Waals surface area contributed by atoms with Crippen LogP contribution in [0.2, 0.25) is 0 Å². The number of amides is 2. The number of carbonyl (C=O) groups is 2. The predicted octanol–water partition coefficient (Wildman–Crippen LogP) is 5.04. The molecule has 1 heterocycles. The van der Waals surface area contributed by atoms with Crippen LogP contribution < -0.4 is 10.2 Å². The van der Waals surface area contributed by atoms with Gasteiger partial charge in [0.2, 0.25) is 11.8 Å². The number of aromatic nitrogens is 1. The molecule has 0 aliphatic carbocycles. The van der Waals surface area contributed by atoms with Crippen LogP contribution in [-0.4, -0.2) is 41.3 Å². The third kappa shape index (κ3) is 6.60. The van der Waals surface area contributed by atoms with Crippen molar-refractivity contribution in [1.29, 1.82) is 0 Å². The summed E-state index contributed by atoms with van der Waals surface area (Å²) in [6, 6.07) is 19.7. The van der Waals surface area contributed by atoms with Crippen molar-refractivity contribution in [3.8, 4) is 0 Å². The van der Waals surface area contributed by atoms with E-state index in [1.807, 2.05) is 53.9 Å². The van der Waals surface area contributed by atoms with Gasteiger partial charge in [0.1, 0.15) is 0 Å². The van der Waals surface area contributed by atoms with E-state index in [0.29, 0.717) is 17.4 Å². The summed E-state index contributed by atoms with van der Waals surface area (Å²) >= 11 is 1.36. The van der Waals surface area contributed by atoms with Crippen LogP contribution in [0.15, 0.2) is 72.1 Å². The number of nitrogens with one attached hydrogen (secondary N) is 1. The first-order chi connectivity index (χ1) is 16.0. The Labute approximate surface area is 199 Å². The Morgan fingerprint density at radius 2 is 1.67 bits per heavy atom. The minimum Gasteiger partial charge on any atom is -0.351 e. The van der Waals surface area contributed by atoms with Gasteiger partial charge in [-0.2, -0.15) is 0 Å². The molecule has 2 amide bonds. The summed E-state index contributed by atoms with van der Waals surface area (Å²) in [5.41, 5.74) is 2.58. The lowest BCUT2D eigenvalue weighted by Crippen LogP contribution is -2.37. The maximum Gasteiger partial charge on any atom is 0.244 e. The normalized spacial score (nSPS) is 12.1. The highest BCUT2D eigenvalue weighted by Gasteiger charge is 2.19. The first-order valence-corrected chi connectivity index (χ1v) is 12.0. The number of hydrogen-bond donors (Lipinski definition) is 1. The fourth-order valence-electron chi connectivity index (χ4n) is 3.67. The van der Waals surface area contributed by atoms with Gasteiger partial charge in [0, 0.05) is 24.9 Å². The average molecular weight is 463 g/mol. The van der Waals surface area contributed by atoms with E-state index in [4.69, 9.17) is 0 Å². The Balaban J connectivity index is 1.66. The van der Waals surface area contributed by atoms with Gasteiger partial charge in [0.15, 0.2) is 5.13 Å². The molecule has 2 aromatic carbocycles. The summed E-state index contributed by atoms with van der Waals surface area (Å²) in [6.45, 7) is 8.08. The van der Waals surface area contributed by atoms with Crippen molar-refractivity contribution in [3.63, 3.8) is 0 Å². The Bertz CT molecular complexity index is 1060. The fourth-order valence-corrected chi connectivity index (χ4v) is 4.53. The molecule has 7 heteroatoms. The van der Waals surface area contributed by atoms with Crippen LogP contribution in [0.5, 0.6) is 0 Å². The number of nitrogens with zero attached hydrogens (tertiary/aromatic N) is 3. The van der Waals surface area contributed by atoms with Gasteiger partial charge in [0.05, 0.1) is 17.4 Å². The molecular formula is C26H30N4O2S. The number of carbonyl (C=O) groups excluding carboxylic acids is 2. The number of likely N-dealkylation sites (N-methyl/N-ethyl adjacent to an activating group) is 1. The Kier molecular flexibility index (Phi) is 8.92. The van der Waals surface area contributed by atoms with Crippen LogP contribution >= 0.6 is 11.3 Å². The highest BCUT2D eigenvalue weighted by Crippen LogP contribution is 2.29. The SMILES string of the molecule is CCN(CC)C(CNC(=O)/C=C/c1csc(N(C(C)=O)c2ccccc2)n1)c1ccccc1. The van der Waals surface area contributed by atoms with Crippen molar-refractivity contribution < 1.29 is 9.59 Å². The van der Waals surface area contributed by atoms with E-state index in [1.54, 1.807) is 11.0 Å². The smallest absolute Gasteiger partial charge is 0.244 e. The summed E-state index contributed by atoms with van der Waals surface area (Å²) in [6.07, 6.45) is 3.16. The molecule has 0 spiro atoms. The number of rotatable bonds is 10. The third-order valence-electron chi connectivity index (χ3n) is 5.34. The molecule has 0 saturated carbocycles. The van der Waals surface area contributed by atoms with E-state index in [2.05, 4.69) is 41.2 Å². The summed E-state index contributed by atoms with van der Waals surface area (Å²) in [7, 11) is 0. The predicted molar refractivity (Wildman–Crippen MR) is 136 cm³/mol. The summed E-state index contributed by atoms with van der Waals surface area (Å²) < 4.78 is 0. The van der Waals surface area contributed by atoms with Crippen LogP contribution in [0.4, 0.5) is 10.8 Å². The van der Waals surface area contributed by atoms with Crippen LogP contribution in [0.3, 0.4) is 0 Å². The first kappa shape index (κ1) is 24.4. The molecule has 0 aliphatic heterocycles. The molecule has 1 N–H and O–H groups in total. The second-order valence-corrected chi connectivity index (χ2v) is 8.31. The Hall–Kier alpha value is -3.29. The molecule has 3 rings (SSSR count). The monoisotopic (exact) mass is 462 g/mol. The molecule has 1 unspecified atom stereocenters. The molecular weight excluding hydrogens is 432 g/mol. The minimum atomic E-state index is -0.177. The highest BCUT2D eigenvalue weighted by molar-refractivity contribution is 7.14. The summed E-state index contributed by atoms with van der Waals surface area (Å²) in [5, 5.41) is 5.42. The molecule has 0 radical (unpaired) electrons. The molecule has 0 aliphatic rings. The molecule has 6 nitrogen and oxygen atoms in total. The molecule has 1 aromatic heterocycles. The lowest BCUT2D eigenvalue weighted by Gasteiger charge is -2.30. The van der Waals surface area contributed by atoms with E-state index in [0.717, 1.165) is 18.8 Å². The first-order valence-electron chi connectivity index (χ1n) is 11.1. The molecule has 1 atom stereocenters. The summed E-state index contributed by atoms with van der Waals surface area (Å²) in [4.78, 5) is 33.1. The van der Waals surface area contributed by atoms with Crippen LogP contribution in [-0.2, 0) is 9.59 Å². The van der Waals surface area contributed by atoms with Gasteiger partial charge in [-0.15, -0.1) is 11.3 Å². The van der Waals surface area contributed by atoms with Crippen molar-refractivity contribution in [1.82, 2.24) is 15.2 Å². The van der Waals surface area contributed by atoms with Gasteiger partial charge < -0.3 is 5.32 Å². The Morgan fingerprint density at radius 1 is 1.03 bits per heavy atom. The molecule has 3 aromatic rings. The second kappa shape index (κ2) is 12.1. The maximum atomic E-state index is 12.5. The van der Waals surface area contributed by atoms with E-state index < -0.39 is 0 Å². The quantitative estimate of drug-likeness (QED) is 0.429. The summed E-state index contributed by atoms with van der Waals surface area (Å²) in [5.74, 6) is -0.295. The lowest BCUT2D eigenvalue weighted by atomic mass is 10.1. The fraction of sp³-hybridized carbons (Fsp3) is 0.269. The van der Waals surface area contributed by atoms with E-state index >= 15 is 0 Å². The number of hydrogen-bond acceptors (Lipinski definition) is 5. The number of anilines is 2. The standard InChI is InChI=1S/C26H30N4O2S/c1-4-29(5-2)24(21-12-8-6-9-13-21)18-27-25(32)17-16-22-19-33-26(28-22)30(20(3)31)23-14-10-7-11-15-23/h6-17,19,24H,4-5,18H2,1-3H3,(H,27,32)/b17-16+. The van der Waals surface area contributed by atoms with Crippen LogP contribution in [0.25, 0.3) is 6.08 Å². The number of benzene rings is 2.